The largest absolute Gasteiger partial charge is 0.281 e. The number of hydrogen-bond donors (Lipinski definition) is 2. The van der Waals surface area contributed by atoms with Crippen molar-refractivity contribution < 1.29 is 9.59 Å². The topological polar surface area (TPSA) is 71.1 Å². The zero-order chi connectivity index (χ0) is 16.1. The van der Waals surface area contributed by atoms with Gasteiger partial charge in [0.2, 0.25) is 0 Å². The molecule has 5 nitrogen and oxygen atoms in total. The average molecular weight is 402 g/mol. The number of halogens is 1. The van der Waals surface area contributed by atoms with Crippen LogP contribution < -0.4 is 10.9 Å². The third kappa shape index (κ3) is 4.37. The van der Waals surface area contributed by atoms with Crippen LogP contribution >= 0.6 is 38.6 Å². The summed E-state index contributed by atoms with van der Waals surface area (Å²) in [7, 11) is 0. The average Bonchev–Trinajstić information content (AvgIpc) is 3.08. The van der Waals surface area contributed by atoms with Gasteiger partial charge in [-0.15, -0.1) is 22.7 Å². The molecule has 0 bridgehead atoms. The first-order valence-electron chi connectivity index (χ1n) is 6.83. The number of unbranched alkanes of at least 4 members (excludes halogenated alkanes) is 1. The fourth-order valence-electron chi connectivity index (χ4n) is 1.77. The van der Waals surface area contributed by atoms with Gasteiger partial charge in [0.1, 0.15) is 4.88 Å². The smallest absolute Gasteiger partial charge is 0.266 e. The van der Waals surface area contributed by atoms with E-state index in [0.29, 0.717) is 15.4 Å². The van der Waals surface area contributed by atoms with E-state index in [1.54, 1.807) is 19.1 Å². The Labute approximate surface area is 145 Å². The van der Waals surface area contributed by atoms with Crippen LogP contribution in [0.4, 0.5) is 0 Å². The molecule has 0 aliphatic rings. The van der Waals surface area contributed by atoms with Gasteiger partial charge in [-0.2, -0.15) is 0 Å². The van der Waals surface area contributed by atoms with E-state index in [1.165, 1.54) is 22.7 Å². The van der Waals surface area contributed by atoms with Gasteiger partial charge in [0.15, 0.2) is 0 Å². The molecule has 2 N–H and O–H groups in total. The van der Waals surface area contributed by atoms with Crippen LogP contribution in [-0.2, 0) is 6.42 Å². The Morgan fingerprint density at radius 3 is 2.59 bits per heavy atom. The van der Waals surface area contributed by atoms with Gasteiger partial charge in [0, 0.05) is 0 Å². The summed E-state index contributed by atoms with van der Waals surface area (Å²) < 4.78 is 0.864. The second-order valence-electron chi connectivity index (χ2n) is 4.64. The van der Waals surface area contributed by atoms with Gasteiger partial charge < -0.3 is 0 Å². The maximum Gasteiger partial charge on any atom is 0.281 e. The van der Waals surface area contributed by atoms with E-state index in [1.807, 2.05) is 0 Å². The van der Waals surface area contributed by atoms with Gasteiger partial charge in [0.25, 0.3) is 11.8 Å². The predicted octanol–water partition coefficient (Wildman–Crippen LogP) is 3.69. The van der Waals surface area contributed by atoms with Crippen molar-refractivity contribution in [2.45, 2.75) is 33.1 Å². The molecule has 0 aliphatic heterocycles. The van der Waals surface area contributed by atoms with Crippen LogP contribution in [0.5, 0.6) is 0 Å². The number of hydrazine groups is 1. The van der Waals surface area contributed by atoms with Crippen LogP contribution in [0.15, 0.2) is 15.9 Å². The second kappa shape index (κ2) is 7.85. The van der Waals surface area contributed by atoms with Crippen LogP contribution in [0.1, 0.15) is 49.8 Å². The summed E-state index contributed by atoms with van der Waals surface area (Å²) in [5.41, 5.74) is 5.56. The molecule has 0 atom stereocenters. The molecule has 8 heteroatoms. The minimum atomic E-state index is -0.336. The number of aryl methyl sites for hydroxylation is 2. The van der Waals surface area contributed by atoms with E-state index >= 15 is 0 Å². The monoisotopic (exact) mass is 401 g/mol. The number of carbonyl (C=O) groups is 2. The zero-order valence-corrected chi connectivity index (χ0v) is 15.5. The first kappa shape index (κ1) is 17.1. The number of hydrogen-bond acceptors (Lipinski definition) is 5. The van der Waals surface area contributed by atoms with Crippen molar-refractivity contribution in [3.8, 4) is 0 Å². The molecule has 0 radical (unpaired) electrons. The summed E-state index contributed by atoms with van der Waals surface area (Å²) in [4.78, 5) is 29.5. The molecule has 0 fully saturated rings. The number of rotatable bonds is 5. The molecule has 0 aliphatic carbocycles. The molecule has 22 heavy (non-hydrogen) atoms. The number of amides is 2. The lowest BCUT2D eigenvalue weighted by molar-refractivity contribution is 0.0850. The summed E-state index contributed by atoms with van der Waals surface area (Å²) >= 11 is 5.98. The predicted molar refractivity (Wildman–Crippen MR) is 92.4 cm³/mol. The van der Waals surface area contributed by atoms with Crippen LogP contribution in [0.3, 0.4) is 0 Å². The molecule has 2 heterocycles. The Hall–Kier alpha value is -1.25. The van der Waals surface area contributed by atoms with Crippen LogP contribution in [0.25, 0.3) is 0 Å². The van der Waals surface area contributed by atoms with Gasteiger partial charge in [-0.3, -0.25) is 20.4 Å². The molecule has 2 amide bonds. The first-order valence-corrected chi connectivity index (χ1v) is 9.26. The van der Waals surface area contributed by atoms with Crippen molar-refractivity contribution >= 4 is 50.4 Å². The molecule has 118 valence electrons. The molecule has 0 saturated carbocycles. The van der Waals surface area contributed by atoms with Crippen molar-refractivity contribution in [2.75, 3.05) is 0 Å². The van der Waals surface area contributed by atoms with Crippen molar-refractivity contribution in [3.05, 3.63) is 36.4 Å². The van der Waals surface area contributed by atoms with Gasteiger partial charge in [-0.05, 0) is 47.8 Å². The summed E-state index contributed by atoms with van der Waals surface area (Å²) in [5.74, 6) is -0.667. The standard InChI is InChI=1S/C14H16BrN3O2S2/c1-3-4-5-11-16-8(2)12(22-11)14(20)18-17-13(19)9-6-7-10(15)21-9/h6-7H,3-5H2,1-2H3,(H,17,19)(H,18,20). The first-order chi connectivity index (χ1) is 10.5. The van der Waals surface area contributed by atoms with E-state index < -0.39 is 0 Å². The fraction of sp³-hybridized carbons (Fsp3) is 0.357. The number of thiophene rings is 1. The molecule has 0 spiro atoms. The second-order valence-corrected chi connectivity index (χ2v) is 8.18. The lowest BCUT2D eigenvalue weighted by Gasteiger charge is -2.04. The number of aromatic nitrogens is 1. The van der Waals surface area contributed by atoms with E-state index in [4.69, 9.17) is 0 Å². The highest BCUT2D eigenvalue weighted by molar-refractivity contribution is 9.11. The maximum atomic E-state index is 12.1. The van der Waals surface area contributed by atoms with Gasteiger partial charge >= 0.3 is 0 Å². The Morgan fingerprint density at radius 1 is 1.23 bits per heavy atom. The molecule has 2 aromatic rings. The summed E-state index contributed by atoms with van der Waals surface area (Å²) in [6, 6.07) is 3.48. The lowest BCUT2D eigenvalue weighted by Crippen LogP contribution is -2.41. The lowest BCUT2D eigenvalue weighted by atomic mass is 10.3. The van der Waals surface area contributed by atoms with E-state index in [-0.39, 0.29) is 11.8 Å². The summed E-state index contributed by atoms with van der Waals surface area (Å²) in [6.07, 6.45) is 3.02. The Balaban J connectivity index is 1.94. The molecule has 0 aromatic carbocycles. The highest BCUT2D eigenvalue weighted by Crippen LogP contribution is 2.22. The number of nitrogens with zero attached hydrogens (tertiary/aromatic N) is 1. The SMILES string of the molecule is CCCCc1nc(C)c(C(=O)NNC(=O)c2ccc(Br)s2)s1. The third-order valence-electron chi connectivity index (χ3n) is 2.88. The number of nitrogens with one attached hydrogen (secondary N) is 2. The van der Waals surface area contributed by atoms with E-state index in [2.05, 4.69) is 38.7 Å². The Bertz CT molecular complexity index is 681. The van der Waals surface area contributed by atoms with Crippen LogP contribution in [-0.4, -0.2) is 16.8 Å². The molecule has 0 saturated heterocycles. The normalized spacial score (nSPS) is 10.5. The Kier molecular flexibility index (Phi) is 6.10. The Morgan fingerprint density at radius 2 is 1.95 bits per heavy atom. The zero-order valence-electron chi connectivity index (χ0n) is 12.2. The quantitative estimate of drug-likeness (QED) is 0.750. The van der Waals surface area contributed by atoms with Gasteiger partial charge in [-0.25, -0.2) is 4.98 Å². The molecular formula is C14H16BrN3O2S2. The minimum Gasteiger partial charge on any atom is -0.266 e. The highest BCUT2D eigenvalue weighted by atomic mass is 79.9. The van der Waals surface area contributed by atoms with E-state index in [0.717, 1.165) is 28.1 Å². The molecular weight excluding hydrogens is 386 g/mol. The third-order valence-corrected chi connectivity index (χ3v) is 5.72. The molecule has 2 aromatic heterocycles. The van der Waals surface area contributed by atoms with Crippen molar-refractivity contribution in [1.82, 2.24) is 15.8 Å². The van der Waals surface area contributed by atoms with Crippen LogP contribution in [0, 0.1) is 6.92 Å². The van der Waals surface area contributed by atoms with E-state index in [9.17, 15) is 9.59 Å². The molecule has 0 unspecified atom stereocenters. The fourth-order valence-corrected chi connectivity index (χ4v) is 4.05. The summed E-state index contributed by atoms with van der Waals surface area (Å²) in [5, 5.41) is 0.956. The summed E-state index contributed by atoms with van der Waals surface area (Å²) in [6.45, 7) is 3.92. The maximum absolute atomic E-state index is 12.1. The van der Waals surface area contributed by atoms with Gasteiger partial charge in [-0.1, -0.05) is 13.3 Å². The van der Waals surface area contributed by atoms with Crippen LogP contribution in [0.2, 0.25) is 0 Å². The van der Waals surface area contributed by atoms with Crippen molar-refractivity contribution in [1.29, 1.82) is 0 Å². The van der Waals surface area contributed by atoms with Gasteiger partial charge in [0.05, 0.1) is 19.4 Å². The number of carbonyl (C=O) groups excluding carboxylic acids is 2. The van der Waals surface area contributed by atoms with Crippen molar-refractivity contribution in [3.63, 3.8) is 0 Å². The molecule has 2 rings (SSSR count). The highest BCUT2D eigenvalue weighted by Gasteiger charge is 2.16. The number of thiazole rings is 1. The minimum absolute atomic E-state index is 0.332. The van der Waals surface area contributed by atoms with Crippen molar-refractivity contribution in [2.24, 2.45) is 0 Å².